The van der Waals surface area contributed by atoms with Crippen molar-refractivity contribution >= 4 is 11.8 Å². The van der Waals surface area contributed by atoms with E-state index < -0.39 is 0 Å². The van der Waals surface area contributed by atoms with E-state index >= 15 is 0 Å². The van der Waals surface area contributed by atoms with Crippen molar-refractivity contribution in [2.45, 2.75) is 45.3 Å². The van der Waals surface area contributed by atoms with Gasteiger partial charge in [0.2, 0.25) is 0 Å². The summed E-state index contributed by atoms with van der Waals surface area (Å²) in [4.78, 5) is 0. The van der Waals surface area contributed by atoms with Crippen LogP contribution in [0.4, 0.5) is 0 Å². The molecule has 0 aliphatic heterocycles. The van der Waals surface area contributed by atoms with Gasteiger partial charge in [-0.25, -0.2) is 0 Å². The third kappa shape index (κ3) is 8.18. The van der Waals surface area contributed by atoms with Crippen molar-refractivity contribution in [3.05, 3.63) is 35.4 Å². The van der Waals surface area contributed by atoms with Gasteiger partial charge in [0.05, 0.1) is 13.2 Å². The van der Waals surface area contributed by atoms with Gasteiger partial charge in [-0.15, -0.1) is 0 Å². The highest BCUT2D eigenvalue weighted by Crippen LogP contribution is 2.19. The molecule has 1 aromatic rings. The van der Waals surface area contributed by atoms with Crippen LogP contribution in [-0.4, -0.2) is 37.7 Å². The lowest BCUT2D eigenvalue weighted by atomic mass is 9.97. The Labute approximate surface area is 140 Å². The monoisotopic (exact) mass is 324 g/mol. The van der Waals surface area contributed by atoms with Gasteiger partial charge in [0.15, 0.2) is 0 Å². The molecule has 0 radical (unpaired) electrons. The Morgan fingerprint density at radius 1 is 1.36 bits per heavy atom. The SMILES string of the molecule is CCC(C)c1cccc(COCCSCC(N)CCNC)c1. The molecule has 0 spiro atoms. The van der Waals surface area contributed by atoms with Gasteiger partial charge in [-0.2, -0.15) is 11.8 Å². The molecule has 0 amide bonds. The molecule has 2 atom stereocenters. The molecule has 3 nitrogen and oxygen atoms in total. The van der Waals surface area contributed by atoms with Crippen molar-refractivity contribution in [1.29, 1.82) is 0 Å². The Morgan fingerprint density at radius 2 is 2.18 bits per heavy atom. The first kappa shape index (κ1) is 19.5. The van der Waals surface area contributed by atoms with Crippen molar-refractivity contribution in [2.24, 2.45) is 5.73 Å². The van der Waals surface area contributed by atoms with Gasteiger partial charge < -0.3 is 15.8 Å². The number of ether oxygens (including phenoxy) is 1. The van der Waals surface area contributed by atoms with E-state index in [0.717, 1.165) is 31.1 Å². The Hall–Kier alpha value is -0.550. The Morgan fingerprint density at radius 3 is 2.91 bits per heavy atom. The summed E-state index contributed by atoms with van der Waals surface area (Å²) in [5.41, 5.74) is 8.70. The summed E-state index contributed by atoms with van der Waals surface area (Å²) in [6, 6.07) is 9.04. The second-order valence-electron chi connectivity index (χ2n) is 5.83. The number of hydrogen-bond donors (Lipinski definition) is 2. The van der Waals surface area contributed by atoms with Crippen LogP contribution in [0.15, 0.2) is 24.3 Å². The molecule has 0 aromatic heterocycles. The molecule has 0 saturated heterocycles. The predicted molar refractivity (Wildman–Crippen MR) is 98.6 cm³/mol. The predicted octanol–water partition coefficient (Wildman–Crippen LogP) is 3.39. The van der Waals surface area contributed by atoms with Crippen molar-refractivity contribution < 1.29 is 4.74 Å². The Bertz CT molecular complexity index is 400. The number of rotatable bonds is 12. The summed E-state index contributed by atoms with van der Waals surface area (Å²) in [5.74, 6) is 2.64. The standard InChI is InChI=1S/C18H32N2OS/c1-4-15(2)17-7-5-6-16(12-17)13-21-10-11-22-14-18(19)8-9-20-3/h5-7,12,15,18,20H,4,8-11,13-14,19H2,1-3H3. The molecule has 0 fully saturated rings. The van der Waals surface area contributed by atoms with Gasteiger partial charge >= 0.3 is 0 Å². The smallest absolute Gasteiger partial charge is 0.0717 e. The molecule has 4 heteroatoms. The number of hydrogen-bond acceptors (Lipinski definition) is 4. The zero-order valence-electron chi connectivity index (χ0n) is 14.3. The third-order valence-corrected chi connectivity index (χ3v) is 4.99. The first-order valence-electron chi connectivity index (χ1n) is 8.31. The second-order valence-corrected chi connectivity index (χ2v) is 6.98. The maximum absolute atomic E-state index is 6.02. The zero-order chi connectivity index (χ0) is 16.2. The fourth-order valence-corrected chi connectivity index (χ4v) is 3.05. The summed E-state index contributed by atoms with van der Waals surface area (Å²) >= 11 is 1.88. The maximum Gasteiger partial charge on any atom is 0.0717 e. The summed E-state index contributed by atoms with van der Waals surface area (Å²) in [5, 5.41) is 3.13. The van der Waals surface area contributed by atoms with Crippen LogP contribution >= 0.6 is 11.8 Å². The van der Waals surface area contributed by atoms with E-state index in [1.807, 2.05) is 18.8 Å². The summed E-state index contributed by atoms with van der Waals surface area (Å²) in [6.07, 6.45) is 2.21. The van der Waals surface area contributed by atoms with Crippen LogP contribution in [0.3, 0.4) is 0 Å². The first-order valence-corrected chi connectivity index (χ1v) is 9.47. The fraction of sp³-hybridized carbons (Fsp3) is 0.667. The molecule has 22 heavy (non-hydrogen) atoms. The number of thioether (sulfide) groups is 1. The lowest BCUT2D eigenvalue weighted by molar-refractivity contribution is 0.136. The number of nitrogens with one attached hydrogen (secondary N) is 1. The van der Waals surface area contributed by atoms with Crippen LogP contribution in [0.25, 0.3) is 0 Å². The maximum atomic E-state index is 6.02. The average molecular weight is 325 g/mol. The molecule has 1 aromatic carbocycles. The van der Waals surface area contributed by atoms with E-state index in [1.165, 1.54) is 17.5 Å². The van der Waals surface area contributed by atoms with E-state index in [2.05, 4.69) is 43.4 Å². The summed E-state index contributed by atoms with van der Waals surface area (Å²) in [6.45, 7) is 6.98. The molecule has 0 saturated carbocycles. The molecule has 3 N–H and O–H groups in total. The summed E-state index contributed by atoms with van der Waals surface area (Å²) < 4.78 is 5.78. The second kappa shape index (κ2) is 11.9. The fourth-order valence-electron chi connectivity index (χ4n) is 2.18. The minimum absolute atomic E-state index is 0.282. The molecule has 0 heterocycles. The van der Waals surface area contributed by atoms with Gasteiger partial charge in [-0.3, -0.25) is 0 Å². The highest BCUT2D eigenvalue weighted by Gasteiger charge is 2.04. The quantitative estimate of drug-likeness (QED) is 0.579. The van der Waals surface area contributed by atoms with Crippen LogP contribution in [0.1, 0.15) is 43.7 Å². The molecule has 1 rings (SSSR count). The third-order valence-electron chi connectivity index (χ3n) is 3.87. The Kier molecular flexibility index (Phi) is 10.6. The van der Waals surface area contributed by atoms with Crippen LogP contribution in [-0.2, 0) is 11.3 Å². The van der Waals surface area contributed by atoms with E-state index in [-0.39, 0.29) is 6.04 Å². The van der Waals surface area contributed by atoms with E-state index in [0.29, 0.717) is 12.5 Å². The van der Waals surface area contributed by atoms with Gasteiger partial charge in [0, 0.05) is 17.5 Å². The number of benzene rings is 1. The van der Waals surface area contributed by atoms with Gasteiger partial charge in [0.1, 0.15) is 0 Å². The Balaban J connectivity index is 2.14. The lowest BCUT2D eigenvalue weighted by Crippen LogP contribution is -2.27. The van der Waals surface area contributed by atoms with E-state index in [4.69, 9.17) is 10.5 Å². The highest BCUT2D eigenvalue weighted by molar-refractivity contribution is 7.99. The molecule has 0 aliphatic rings. The molecular weight excluding hydrogens is 292 g/mol. The summed E-state index contributed by atoms with van der Waals surface area (Å²) in [7, 11) is 1.96. The topological polar surface area (TPSA) is 47.3 Å². The lowest BCUT2D eigenvalue weighted by Gasteiger charge is -2.12. The minimum Gasteiger partial charge on any atom is -0.376 e. The van der Waals surface area contributed by atoms with Crippen molar-refractivity contribution in [2.75, 3.05) is 31.7 Å². The normalized spacial score (nSPS) is 14.0. The molecule has 0 bridgehead atoms. The van der Waals surface area contributed by atoms with Crippen molar-refractivity contribution in [1.82, 2.24) is 5.32 Å². The van der Waals surface area contributed by atoms with E-state index in [1.54, 1.807) is 0 Å². The van der Waals surface area contributed by atoms with Crippen LogP contribution < -0.4 is 11.1 Å². The first-order chi connectivity index (χ1) is 10.7. The molecule has 126 valence electrons. The largest absolute Gasteiger partial charge is 0.376 e. The van der Waals surface area contributed by atoms with Crippen LogP contribution in [0, 0.1) is 0 Å². The zero-order valence-corrected chi connectivity index (χ0v) is 15.1. The number of nitrogens with two attached hydrogens (primary N) is 1. The highest BCUT2D eigenvalue weighted by atomic mass is 32.2. The van der Waals surface area contributed by atoms with Gasteiger partial charge in [-0.1, -0.05) is 38.1 Å². The van der Waals surface area contributed by atoms with Crippen molar-refractivity contribution in [3.63, 3.8) is 0 Å². The van der Waals surface area contributed by atoms with Crippen LogP contribution in [0.2, 0.25) is 0 Å². The molecular formula is C18H32N2OS. The van der Waals surface area contributed by atoms with Gasteiger partial charge in [-0.05, 0) is 43.5 Å². The molecule has 0 aliphatic carbocycles. The van der Waals surface area contributed by atoms with Crippen LogP contribution in [0.5, 0.6) is 0 Å². The van der Waals surface area contributed by atoms with E-state index in [9.17, 15) is 0 Å². The van der Waals surface area contributed by atoms with Gasteiger partial charge in [0.25, 0.3) is 0 Å². The molecule has 2 unspecified atom stereocenters. The van der Waals surface area contributed by atoms with Crippen molar-refractivity contribution in [3.8, 4) is 0 Å². The minimum atomic E-state index is 0.282. The average Bonchev–Trinajstić information content (AvgIpc) is 2.55.